The topological polar surface area (TPSA) is 49.3 Å². The number of carbonyl (C=O) groups is 1. The highest BCUT2D eigenvalue weighted by molar-refractivity contribution is 5.79. The van der Waals surface area contributed by atoms with E-state index in [9.17, 15) is 13.6 Å². The van der Waals surface area contributed by atoms with Gasteiger partial charge in [-0.2, -0.15) is 0 Å². The maximum Gasteiger partial charge on any atom is 0.328 e. The lowest BCUT2D eigenvalue weighted by molar-refractivity contribution is -0.131. The molecule has 3 nitrogen and oxygen atoms in total. The highest BCUT2D eigenvalue weighted by Gasteiger charge is 2.01. The second-order valence-electron chi connectivity index (χ2n) is 2.75. The first kappa shape index (κ1) is 11.2. The van der Waals surface area contributed by atoms with Gasteiger partial charge >= 0.3 is 5.97 Å². The summed E-state index contributed by atoms with van der Waals surface area (Å²) in [6.07, 6.45) is 2.22. The molecule has 0 aliphatic carbocycles. The van der Waals surface area contributed by atoms with Gasteiger partial charge in [0.1, 0.15) is 11.6 Å². The van der Waals surface area contributed by atoms with E-state index in [0.717, 1.165) is 24.3 Å². The van der Waals surface area contributed by atoms with Crippen molar-refractivity contribution in [1.29, 1.82) is 0 Å². The van der Waals surface area contributed by atoms with Crippen LogP contribution in [0, 0.1) is 11.6 Å². The standard InChI is InChI=1S/C10H9F2NO2/c11-7-3-4-8(12)9(6-7)13-5-1-2-10(14)15/h1-4,6,13H,5H2,(H,14,15)/b2-1+. The lowest BCUT2D eigenvalue weighted by Crippen LogP contribution is -2.02. The van der Waals surface area contributed by atoms with Crippen molar-refractivity contribution in [2.24, 2.45) is 0 Å². The summed E-state index contributed by atoms with van der Waals surface area (Å²) in [4.78, 5) is 10.1. The third-order valence-corrected chi connectivity index (χ3v) is 1.60. The molecule has 0 aliphatic rings. The molecule has 0 aliphatic heterocycles. The van der Waals surface area contributed by atoms with E-state index in [1.54, 1.807) is 0 Å². The average Bonchev–Trinajstić information content (AvgIpc) is 2.17. The highest BCUT2D eigenvalue weighted by atomic mass is 19.1. The zero-order valence-electron chi connectivity index (χ0n) is 7.71. The van der Waals surface area contributed by atoms with Crippen molar-refractivity contribution in [3.8, 4) is 0 Å². The van der Waals surface area contributed by atoms with E-state index in [-0.39, 0.29) is 12.2 Å². The lowest BCUT2D eigenvalue weighted by Gasteiger charge is -2.04. The summed E-state index contributed by atoms with van der Waals surface area (Å²) in [5.74, 6) is -2.22. The molecular formula is C10H9F2NO2. The van der Waals surface area contributed by atoms with Crippen molar-refractivity contribution in [3.63, 3.8) is 0 Å². The van der Waals surface area contributed by atoms with E-state index in [0.29, 0.717) is 0 Å². The fourth-order valence-corrected chi connectivity index (χ4v) is 0.962. The quantitative estimate of drug-likeness (QED) is 0.752. The Morgan fingerprint density at radius 2 is 2.20 bits per heavy atom. The monoisotopic (exact) mass is 213 g/mol. The van der Waals surface area contributed by atoms with Gasteiger partial charge < -0.3 is 10.4 Å². The molecule has 5 heteroatoms. The van der Waals surface area contributed by atoms with Gasteiger partial charge in [0, 0.05) is 12.6 Å². The normalized spacial score (nSPS) is 10.5. The van der Waals surface area contributed by atoms with Gasteiger partial charge in [-0.3, -0.25) is 0 Å². The predicted octanol–water partition coefficient (Wildman–Crippen LogP) is 2.02. The van der Waals surface area contributed by atoms with Crippen molar-refractivity contribution >= 4 is 11.7 Å². The van der Waals surface area contributed by atoms with Crippen LogP contribution in [0.4, 0.5) is 14.5 Å². The third-order valence-electron chi connectivity index (χ3n) is 1.60. The third kappa shape index (κ3) is 3.76. The number of carboxylic acid groups (broad SMARTS) is 1. The van der Waals surface area contributed by atoms with Crippen LogP contribution in [-0.4, -0.2) is 17.6 Å². The number of hydrogen-bond donors (Lipinski definition) is 2. The van der Waals surface area contributed by atoms with Gasteiger partial charge in [0.25, 0.3) is 0 Å². The van der Waals surface area contributed by atoms with Gasteiger partial charge in [0.05, 0.1) is 5.69 Å². The maximum atomic E-state index is 13.0. The molecule has 0 saturated heterocycles. The number of benzene rings is 1. The van der Waals surface area contributed by atoms with E-state index >= 15 is 0 Å². The van der Waals surface area contributed by atoms with Crippen LogP contribution in [0.5, 0.6) is 0 Å². The summed E-state index contributed by atoms with van der Waals surface area (Å²) in [6, 6.07) is 3.01. The SMILES string of the molecule is O=C(O)/C=C/CNc1cc(F)ccc1F. The molecule has 1 aromatic carbocycles. The largest absolute Gasteiger partial charge is 0.478 e. The molecule has 0 unspecified atom stereocenters. The van der Waals surface area contributed by atoms with Crippen LogP contribution >= 0.6 is 0 Å². The Hall–Kier alpha value is -1.91. The molecule has 0 heterocycles. The number of halogens is 2. The van der Waals surface area contributed by atoms with Crippen LogP contribution in [0.1, 0.15) is 0 Å². The zero-order valence-corrected chi connectivity index (χ0v) is 7.71. The molecule has 0 saturated carbocycles. The second-order valence-corrected chi connectivity index (χ2v) is 2.75. The first-order valence-electron chi connectivity index (χ1n) is 4.18. The molecule has 1 rings (SSSR count). The number of rotatable bonds is 4. The van der Waals surface area contributed by atoms with Crippen LogP contribution in [0.2, 0.25) is 0 Å². The van der Waals surface area contributed by atoms with Gasteiger partial charge in [-0.1, -0.05) is 6.08 Å². The second kappa shape index (κ2) is 5.09. The summed E-state index contributed by atoms with van der Waals surface area (Å²) < 4.78 is 25.7. The number of anilines is 1. The number of hydrogen-bond acceptors (Lipinski definition) is 2. The van der Waals surface area contributed by atoms with Gasteiger partial charge in [0.2, 0.25) is 0 Å². The molecule has 1 aromatic rings. The Kier molecular flexibility index (Phi) is 3.79. The minimum absolute atomic E-state index is 0.00467. The molecule has 15 heavy (non-hydrogen) atoms. The lowest BCUT2D eigenvalue weighted by atomic mass is 10.3. The van der Waals surface area contributed by atoms with Crippen LogP contribution in [0.15, 0.2) is 30.4 Å². The molecule has 2 N–H and O–H groups in total. The molecule has 0 amide bonds. The Balaban J connectivity index is 2.57. The average molecular weight is 213 g/mol. The van der Waals surface area contributed by atoms with Crippen LogP contribution < -0.4 is 5.32 Å². The van der Waals surface area contributed by atoms with Crippen LogP contribution in [0.3, 0.4) is 0 Å². The first-order valence-corrected chi connectivity index (χ1v) is 4.18. The molecule has 0 radical (unpaired) electrons. The van der Waals surface area contributed by atoms with Gasteiger partial charge in [0.15, 0.2) is 0 Å². The molecule has 0 fully saturated rings. The molecule has 0 spiro atoms. The van der Waals surface area contributed by atoms with Crippen molar-refractivity contribution in [3.05, 3.63) is 42.0 Å². The minimum atomic E-state index is -1.09. The van der Waals surface area contributed by atoms with E-state index < -0.39 is 17.6 Å². The molecule has 0 aromatic heterocycles. The maximum absolute atomic E-state index is 13.0. The minimum Gasteiger partial charge on any atom is -0.478 e. The molecule has 0 atom stereocenters. The number of carboxylic acids is 1. The summed E-state index contributed by atoms with van der Waals surface area (Å²) in [6.45, 7) is 0.118. The Morgan fingerprint density at radius 3 is 2.87 bits per heavy atom. The molecular weight excluding hydrogens is 204 g/mol. The number of aliphatic carboxylic acids is 1. The summed E-state index contributed by atoms with van der Waals surface area (Å²) in [5, 5.41) is 10.8. The van der Waals surface area contributed by atoms with Crippen molar-refractivity contribution in [2.45, 2.75) is 0 Å². The fourth-order valence-electron chi connectivity index (χ4n) is 0.962. The van der Waals surface area contributed by atoms with E-state index in [1.807, 2.05) is 0 Å². The van der Waals surface area contributed by atoms with Crippen molar-refractivity contribution in [2.75, 3.05) is 11.9 Å². The van der Waals surface area contributed by atoms with E-state index in [4.69, 9.17) is 5.11 Å². The predicted molar refractivity (Wildman–Crippen MR) is 51.6 cm³/mol. The Morgan fingerprint density at radius 1 is 1.47 bits per heavy atom. The summed E-state index contributed by atoms with van der Waals surface area (Å²) >= 11 is 0. The zero-order chi connectivity index (χ0) is 11.3. The fraction of sp³-hybridized carbons (Fsp3) is 0.100. The van der Waals surface area contributed by atoms with E-state index in [1.165, 1.54) is 6.08 Å². The highest BCUT2D eigenvalue weighted by Crippen LogP contribution is 2.14. The van der Waals surface area contributed by atoms with Crippen molar-refractivity contribution in [1.82, 2.24) is 0 Å². The van der Waals surface area contributed by atoms with Crippen LogP contribution in [0.25, 0.3) is 0 Å². The van der Waals surface area contributed by atoms with Crippen LogP contribution in [-0.2, 0) is 4.79 Å². The Bertz CT molecular complexity index is 391. The van der Waals surface area contributed by atoms with Gasteiger partial charge in [-0.05, 0) is 18.2 Å². The summed E-state index contributed by atoms with van der Waals surface area (Å²) in [5.41, 5.74) is 0.00467. The Labute approximate surface area is 85.0 Å². The first-order chi connectivity index (χ1) is 7.09. The number of nitrogens with one attached hydrogen (secondary N) is 1. The smallest absolute Gasteiger partial charge is 0.328 e. The molecule has 0 bridgehead atoms. The van der Waals surface area contributed by atoms with Crippen molar-refractivity contribution < 1.29 is 18.7 Å². The van der Waals surface area contributed by atoms with Gasteiger partial charge in [-0.25, -0.2) is 13.6 Å². The summed E-state index contributed by atoms with van der Waals surface area (Å²) in [7, 11) is 0. The molecule has 80 valence electrons. The van der Waals surface area contributed by atoms with E-state index in [2.05, 4.69) is 5.32 Å². The van der Waals surface area contributed by atoms with Gasteiger partial charge in [-0.15, -0.1) is 0 Å².